The van der Waals surface area contributed by atoms with Crippen LogP contribution >= 0.6 is 0 Å². The van der Waals surface area contributed by atoms with Crippen LogP contribution in [0.5, 0.6) is 11.5 Å². The summed E-state index contributed by atoms with van der Waals surface area (Å²) in [6.07, 6.45) is 0. The summed E-state index contributed by atoms with van der Waals surface area (Å²) in [5.41, 5.74) is 2.17. The molecule has 0 bridgehead atoms. The van der Waals surface area contributed by atoms with Gasteiger partial charge >= 0.3 is 5.97 Å². The van der Waals surface area contributed by atoms with Crippen LogP contribution in [0.2, 0.25) is 0 Å². The van der Waals surface area contributed by atoms with Crippen LogP contribution in [0.15, 0.2) is 42.5 Å². The second kappa shape index (κ2) is 5.03. The number of aromatic nitrogens is 1. The molecule has 0 fully saturated rings. The molecule has 1 aliphatic rings. The number of ether oxygens (including phenoxy) is 3. The van der Waals surface area contributed by atoms with Crippen LogP contribution in [0.3, 0.4) is 0 Å². The number of fused-ring (bicyclic) bond motifs is 2. The highest BCUT2D eigenvalue weighted by Crippen LogP contribution is 2.45. The van der Waals surface area contributed by atoms with Crippen molar-refractivity contribution in [2.45, 2.75) is 12.5 Å². The minimum Gasteiger partial charge on any atom is -0.497 e. The Bertz CT molecular complexity index is 959. The molecule has 5 heteroatoms. The highest BCUT2D eigenvalue weighted by molar-refractivity contribution is 5.98. The van der Waals surface area contributed by atoms with E-state index in [0.29, 0.717) is 11.3 Å². The molecule has 2 heterocycles. The number of nitrogens with one attached hydrogen (secondary N) is 1. The summed E-state index contributed by atoms with van der Waals surface area (Å²) in [6.45, 7) is 1.89. The predicted molar refractivity (Wildman–Crippen MR) is 89.7 cm³/mol. The molecule has 4 rings (SSSR count). The molecule has 1 unspecified atom stereocenters. The number of benzene rings is 2. The van der Waals surface area contributed by atoms with Crippen LogP contribution in [0, 0.1) is 0 Å². The van der Waals surface area contributed by atoms with Crippen LogP contribution in [0.1, 0.15) is 28.5 Å². The van der Waals surface area contributed by atoms with Crippen LogP contribution in [-0.2, 0) is 10.3 Å². The SMILES string of the molecule is COc1ccc2[nH]c(C3(C)OC(=O)c4c(OC)cccc43)cc2c1. The summed E-state index contributed by atoms with van der Waals surface area (Å²) in [6, 6.07) is 13.3. The third-order valence-corrected chi connectivity index (χ3v) is 4.60. The third-order valence-electron chi connectivity index (χ3n) is 4.60. The highest BCUT2D eigenvalue weighted by Gasteiger charge is 2.45. The molecule has 3 aromatic rings. The van der Waals surface area contributed by atoms with Crippen molar-refractivity contribution >= 4 is 16.9 Å². The van der Waals surface area contributed by atoms with Gasteiger partial charge in [0.2, 0.25) is 0 Å². The number of hydrogen-bond acceptors (Lipinski definition) is 4. The van der Waals surface area contributed by atoms with Crippen molar-refractivity contribution in [2.75, 3.05) is 14.2 Å². The average molecular weight is 323 g/mol. The first-order chi connectivity index (χ1) is 11.6. The van der Waals surface area contributed by atoms with Gasteiger partial charge in [0.25, 0.3) is 0 Å². The van der Waals surface area contributed by atoms with E-state index in [1.807, 2.05) is 43.3 Å². The maximum atomic E-state index is 12.4. The van der Waals surface area contributed by atoms with Gasteiger partial charge in [-0.2, -0.15) is 0 Å². The van der Waals surface area contributed by atoms with E-state index in [9.17, 15) is 4.79 Å². The van der Waals surface area contributed by atoms with E-state index >= 15 is 0 Å². The van der Waals surface area contributed by atoms with E-state index < -0.39 is 5.60 Å². The number of aromatic amines is 1. The van der Waals surface area contributed by atoms with E-state index in [4.69, 9.17) is 14.2 Å². The lowest BCUT2D eigenvalue weighted by molar-refractivity contribution is 0.0166. The van der Waals surface area contributed by atoms with Gasteiger partial charge in [-0.1, -0.05) is 12.1 Å². The topological polar surface area (TPSA) is 60.5 Å². The van der Waals surface area contributed by atoms with Gasteiger partial charge in [0.15, 0.2) is 5.60 Å². The number of carbonyl (C=O) groups excluding carboxylic acids is 1. The van der Waals surface area contributed by atoms with Crippen molar-refractivity contribution in [3.05, 3.63) is 59.3 Å². The molecule has 24 heavy (non-hydrogen) atoms. The summed E-state index contributed by atoms with van der Waals surface area (Å²) in [7, 11) is 3.19. The van der Waals surface area contributed by atoms with Gasteiger partial charge in [-0.15, -0.1) is 0 Å². The monoisotopic (exact) mass is 323 g/mol. The zero-order valence-electron chi connectivity index (χ0n) is 13.7. The molecular weight excluding hydrogens is 306 g/mol. The Morgan fingerprint density at radius 1 is 1.08 bits per heavy atom. The van der Waals surface area contributed by atoms with Crippen LogP contribution < -0.4 is 9.47 Å². The lowest BCUT2D eigenvalue weighted by Crippen LogP contribution is -2.23. The zero-order valence-corrected chi connectivity index (χ0v) is 13.7. The summed E-state index contributed by atoms with van der Waals surface area (Å²) in [5, 5.41) is 0.998. The Hall–Kier alpha value is -2.95. The fourth-order valence-electron chi connectivity index (χ4n) is 3.30. The number of cyclic esters (lactones) is 1. The Morgan fingerprint density at radius 3 is 2.67 bits per heavy atom. The maximum absolute atomic E-state index is 12.4. The fourth-order valence-corrected chi connectivity index (χ4v) is 3.30. The van der Waals surface area contributed by atoms with E-state index in [1.165, 1.54) is 0 Å². The van der Waals surface area contributed by atoms with Crippen molar-refractivity contribution in [1.82, 2.24) is 4.98 Å². The minimum atomic E-state index is -0.882. The van der Waals surface area contributed by atoms with Gasteiger partial charge < -0.3 is 19.2 Å². The van der Waals surface area contributed by atoms with Gasteiger partial charge in [0.05, 0.1) is 19.9 Å². The molecule has 0 spiro atoms. The average Bonchev–Trinajstić information content (AvgIpc) is 3.14. The van der Waals surface area contributed by atoms with E-state index in [1.54, 1.807) is 20.3 Å². The summed E-state index contributed by atoms with van der Waals surface area (Å²) in [4.78, 5) is 15.8. The standard InChI is InChI=1S/C19H17NO4/c1-19(13-5-4-6-15(23-3)17(13)18(21)24-19)16-10-11-9-12(22-2)7-8-14(11)20-16/h4-10,20H,1-3H3. The van der Waals surface area contributed by atoms with E-state index in [2.05, 4.69) is 4.98 Å². The quantitative estimate of drug-likeness (QED) is 0.748. The number of esters is 1. The second-order valence-electron chi connectivity index (χ2n) is 5.94. The van der Waals surface area contributed by atoms with Crippen molar-refractivity contribution < 1.29 is 19.0 Å². The van der Waals surface area contributed by atoms with Gasteiger partial charge in [-0.3, -0.25) is 0 Å². The highest BCUT2D eigenvalue weighted by atomic mass is 16.6. The Morgan fingerprint density at radius 2 is 1.92 bits per heavy atom. The second-order valence-corrected chi connectivity index (χ2v) is 5.94. The summed E-state index contributed by atoms with van der Waals surface area (Å²) in [5.74, 6) is 0.934. The molecule has 0 aliphatic carbocycles. The van der Waals surface area contributed by atoms with Crippen LogP contribution in [0.4, 0.5) is 0 Å². The Balaban J connectivity index is 1.90. The van der Waals surface area contributed by atoms with Crippen molar-refractivity contribution in [3.8, 4) is 11.5 Å². The Kier molecular flexibility index (Phi) is 3.06. The third kappa shape index (κ3) is 1.91. The number of carbonyl (C=O) groups is 1. The Labute approximate surface area is 139 Å². The molecule has 0 saturated heterocycles. The zero-order chi connectivity index (χ0) is 16.9. The molecule has 0 saturated carbocycles. The first-order valence-electron chi connectivity index (χ1n) is 7.65. The summed E-state index contributed by atoms with van der Waals surface area (Å²) >= 11 is 0. The number of H-pyrrole nitrogens is 1. The molecule has 122 valence electrons. The normalized spacial score (nSPS) is 19.2. The van der Waals surface area contributed by atoms with Crippen molar-refractivity contribution in [1.29, 1.82) is 0 Å². The van der Waals surface area contributed by atoms with Crippen molar-refractivity contribution in [2.24, 2.45) is 0 Å². The van der Waals surface area contributed by atoms with Gasteiger partial charge in [-0.25, -0.2) is 4.79 Å². The molecule has 1 aliphatic heterocycles. The lowest BCUT2D eigenvalue weighted by Gasteiger charge is -2.22. The van der Waals surface area contributed by atoms with E-state index in [0.717, 1.165) is 27.9 Å². The largest absolute Gasteiger partial charge is 0.497 e. The van der Waals surface area contributed by atoms with Gasteiger partial charge in [0.1, 0.15) is 17.1 Å². The molecule has 1 atom stereocenters. The first-order valence-corrected chi connectivity index (χ1v) is 7.65. The fraction of sp³-hybridized carbons (Fsp3) is 0.211. The number of methoxy groups -OCH3 is 2. The maximum Gasteiger partial charge on any atom is 0.343 e. The molecular formula is C19H17NO4. The number of rotatable bonds is 3. The molecule has 0 radical (unpaired) electrons. The van der Waals surface area contributed by atoms with Crippen LogP contribution in [0.25, 0.3) is 10.9 Å². The smallest absolute Gasteiger partial charge is 0.343 e. The van der Waals surface area contributed by atoms with Gasteiger partial charge in [-0.05, 0) is 37.3 Å². The van der Waals surface area contributed by atoms with Crippen molar-refractivity contribution in [3.63, 3.8) is 0 Å². The van der Waals surface area contributed by atoms with Gasteiger partial charge in [0, 0.05) is 16.5 Å². The number of hydrogen-bond donors (Lipinski definition) is 1. The minimum absolute atomic E-state index is 0.374. The lowest BCUT2D eigenvalue weighted by atomic mass is 9.90. The van der Waals surface area contributed by atoms with E-state index in [-0.39, 0.29) is 5.97 Å². The molecule has 1 N–H and O–H groups in total. The molecule has 0 amide bonds. The molecule has 2 aromatic carbocycles. The molecule has 1 aromatic heterocycles. The molecule has 5 nitrogen and oxygen atoms in total. The first kappa shape index (κ1) is 14.6. The predicted octanol–water partition coefficient (Wildman–Crippen LogP) is 3.62. The van der Waals surface area contributed by atoms with Crippen LogP contribution in [-0.4, -0.2) is 25.2 Å². The summed E-state index contributed by atoms with van der Waals surface area (Å²) < 4.78 is 16.3.